The molecule has 2 N–H and O–H groups in total. The number of rotatable bonds is 9. The van der Waals surface area contributed by atoms with Gasteiger partial charge in [0.05, 0.1) is 11.4 Å². The molecule has 12 heteroatoms. The highest BCUT2D eigenvalue weighted by Crippen LogP contribution is 2.27. The molecule has 3 aromatic heterocycles. The summed E-state index contributed by atoms with van der Waals surface area (Å²) in [6.45, 7) is 1.99. The topological polar surface area (TPSA) is 105 Å². The standard InChI is InChI=1S/C30H26F3N5O3S/c1-20-3-2-15-38-19-26(36-28(20)38)23-7-4-21(5-8-23)14-16-42(40,41)37-25-11-9-24(10-12-25)29(39)35-18-22-6-13-27(34-17-22)30(31,32)33/h2-13,15,17,19,37H,14,16,18H2,1H3,(H,35,39). The van der Waals surface area contributed by atoms with Crippen molar-refractivity contribution >= 4 is 27.3 Å². The summed E-state index contributed by atoms with van der Waals surface area (Å²) in [5.41, 5.74) is 4.54. The number of amides is 1. The molecule has 1 amide bonds. The van der Waals surface area contributed by atoms with Crippen molar-refractivity contribution in [1.29, 1.82) is 0 Å². The van der Waals surface area contributed by atoms with Gasteiger partial charge in [0.25, 0.3) is 5.91 Å². The van der Waals surface area contributed by atoms with E-state index >= 15 is 0 Å². The number of hydrogen-bond acceptors (Lipinski definition) is 5. The van der Waals surface area contributed by atoms with E-state index in [2.05, 4.69) is 15.0 Å². The number of hydrogen-bond donors (Lipinski definition) is 2. The molecule has 5 rings (SSSR count). The average molecular weight is 594 g/mol. The minimum atomic E-state index is -4.53. The number of nitrogens with one attached hydrogen (secondary N) is 2. The Morgan fingerprint density at radius 2 is 1.67 bits per heavy atom. The predicted octanol–water partition coefficient (Wildman–Crippen LogP) is 5.64. The quantitative estimate of drug-likeness (QED) is 0.230. The number of nitrogens with zero attached hydrogens (tertiary/aromatic N) is 3. The molecule has 2 aromatic carbocycles. The van der Waals surface area contributed by atoms with Crippen molar-refractivity contribution in [3.05, 3.63) is 119 Å². The number of benzene rings is 2. The number of alkyl halides is 3. The molecule has 0 fully saturated rings. The highest BCUT2D eigenvalue weighted by molar-refractivity contribution is 7.92. The van der Waals surface area contributed by atoms with Crippen LogP contribution in [0.15, 0.2) is 91.4 Å². The molecule has 42 heavy (non-hydrogen) atoms. The average Bonchev–Trinajstić information content (AvgIpc) is 3.41. The van der Waals surface area contributed by atoms with Crippen molar-refractivity contribution in [2.45, 2.75) is 26.1 Å². The molecule has 0 aliphatic rings. The van der Waals surface area contributed by atoms with E-state index < -0.39 is 27.8 Å². The molecule has 216 valence electrons. The third kappa shape index (κ3) is 6.95. The monoisotopic (exact) mass is 593 g/mol. The van der Waals surface area contributed by atoms with Crippen molar-refractivity contribution in [3.8, 4) is 11.3 Å². The number of aryl methyl sites for hydroxylation is 2. The molecular weight excluding hydrogens is 567 g/mol. The Kier molecular flexibility index (Phi) is 7.99. The van der Waals surface area contributed by atoms with Gasteiger partial charge < -0.3 is 9.72 Å². The second kappa shape index (κ2) is 11.6. The molecule has 8 nitrogen and oxygen atoms in total. The molecule has 0 aliphatic heterocycles. The summed E-state index contributed by atoms with van der Waals surface area (Å²) in [5.74, 6) is -0.602. The first-order chi connectivity index (χ1) is 20.0. The molecule has 0 radical (unpaired) electrons. The Balaban J connectivity index is 1.12. The minimum absolute atomic E-state index is 0.0159. The second-order valence-electron chi connectivity index (χ2n) is 9.73. The number of carbonyl (C=O) groups is 1. The Bertz CT molecular complexity index is 1820. The lowest BCUT2D eigenvalue weighted by Crippen LogP contribution is -2.23. The molecular formula is C30H26F3N5O3S. The Hall–Kier alpha value is -4.71. The maximum Gasteiger partial charge on any atom is 0.433 e. The van der Waals surface area contributed by atoms with Gasteiger partial charge in [0.2, 0.25) is 10.0 Å². The van der Waals surface area contributed by atoms with E-state index in [0.717, 1.165) is 40.3 Å². The van der Waals surface area contributed by atoms with Gasteiger partial charge in [0.15, 0.2) is 0 Å². The Morgan fingerprint density at radius 1 is 0.952 bits per heavy atom. The highest BCUT2D eigenvalue weighted by atomic mass is 32.2. The first-order valence-electron chi connectivity index (χ1n) is 12.9. The maximum atomic E-state index is 12.7. The summed E-state index contributed by atoms with van der Waals surface area (Å²) in [7, 11) is -3.66. The van der Waals surface area contributed by atoms with Crippen LogP contribution in [0.4, 0.5) is 18.9 Å². The Labute approximate surface area is 240 Å². The van der Waals surface area contributed by atoms with Crippen LogP contribution in [0.3, 0.4) is 0 Å². The normalized spacial score (nSPS) is 11.9. The van der Waals surface area contributed by atoms with E-state index in [1.807, 2.05) is 60.1 Å². The molecule has 0 unspecified atom stereocenters. The van der Waals surface area contributed by atoms with Crippen molar-refractivity contribution in [3.63, 3.8) is 0 Å². The smallest absolute Gasteiger partial charge is 0.348 e. The number of fused-ring (bicyclic) bond motifs is 1. The molecule has 0 saturated heterocycles. The number of pyridine rings is 2. The van der Waals surface area contributed by atoms with Gasteiger partial charge in [0.1, 0.15) is 11.3 Å². The third-order valence-electron chi connectivity index (χ3n) is 6.58. The zero-order chi connectivity index (χ0) is 29.9. The van der Waals surface area contributed by atoms with E-state index in [4.69, 9.17) is 4.98 Å². The second-order valence-corrected chi connectivity index (χ2v) is 11.6. The van der Waals surface area contributed by atoms with Crippen molar-refractivity contribution < 1.29 is 26.4 Å². The maximum absolute atomic E-state index is 12.7. The van der Waals surface area contributed by atoms with Crippen LogP contribution in [0.5, 0.6) is 0 Å². The summed E-state index contributed by atoms with van der Waals surface area (Å²) in [5, 5.41) is 2.60. The van der Waals surface area contributed by atoms with Gasteiger partial charge in [-0.3, -0.25) is 14.5 Å². The number of anilines is 1. The summed E-state index contributed by atoms with van der Waals surface area (Å²) < 4.78 is 67.8. The van der Waals surface area contributed by atoms with Gasteiger partial charge in [0, 0.05) is 41.9 Å². The molecule has 0 atom stereocenters. The van der Waals surface area contributed by atoms with E-state index in [-0.39, 0.29) is 17.9 Å². The van der Waals surface area contributed by atoms with Crippen LogP contribution in [-0.2, 0) is 29.2 Å². The highest BCUT2D eigenvalue weighted by Gasteiger charge is 2.32. The van der Waals surface area contributed by atoms with Gasteiger partial charge in [-0.15, -0.1) is 0 Å². The van der Waals surface area contributed by atoms with E-state index in [1.165, 1.54) is 30.3 Å². The fourth-order valence-electron chi connectivity index (χ4n) is 4.29. The summed E-state index contributed by atoms with van der Waals surface area (Å²) in [4.78, 5) is 20.5. The van der Waals surface area contributed by atoms with Crippen molar-refractivity contribution in [1.82, 2.24) is 19.7 Å². The van der Waals surface area contributed by atoms with Crippen LogP contribution >= 0.6 is 0 Å². The van der Waals surface area contributed by atoms with E-state index in [0.29, 0.717) is 17.7 Å². The lowest BCUT2D eigenvalue weighted by Gasteiger charge is -2.10. The summed E-state index contributed by atoms with van der Waals surface area (Å²) in [6, 6.07) is 19.5. The summed E-state index contributed by atoms with van der Waals surface area (Å²) >= 11 is 0. The lowest BCUT2D eigenvalue weighted by atomic mass is 10.1. The third-order valence-corrected chi connectivity index (χ3v) is 7.86. The van der Waals surface area contributed by atoms with Crippen LogP contribution in [0.25, 0.3) is 16.9 Å². The van der Waals surface area contributed by atoms with Gasteiger partial charge >= 0.3 is 6.18 Å². The molecule has 0 saturated carbocycles. The first kappa shape index (κ1) is 28.8. The largest absolute Gasteiger partial charge is 0.433 e. The van der Waals surface area contributed by atoms with Crippen molar-refractivity contribution in [2.75, 3.05) is 10.5 Å². The van der Waals surface area contributed by atoms with Gasteiger partial charge in [-0.25, -0.2) is 13.4 Å². The molecule has 0 bridgehead atoms. The lowest BCUT2D eigenvalue weighted by molar-refractivity contribution is -0.141. The number of halogens is 3. The first-order valence-corrected chi connectivity index (χ1v) is 14.6. The fraction of sp³-hybridized carbons (Fsp3) is 0.167. The SMILES string of the molecule is Cc1cccn2cc(-c3ccc(CCS(=O)(=O)Nc4ccc(C(=O)NCc5ccc(C(F)(F)F)nc5)cc4)cc3)nc12. The summed E-state index contributed by atoms with van der Waals surface area (Å²) in [6.07, 6.45) is 0.722. The zero-order valence-corrected chi connectivity index (χ0v) is 23.2. The van der Waals surface area contributed by atoms with Crippen LogP contribution in [0, 0.1) is 6.92 Å². The number of sulfonamides is 1. The molecule has 0 aliphatic carbocycles. The number of aromatic nitrogens is 3. The number of carbonyl (C=O) groups excluding carboxylic acids is 1. The Morgan fingerprint density at radius 3 is 2.31 bits per heavy atom. The zero-order valence-electron chi connectivity index (χ0n) is 22.4. The van der Waals surface area contributed by atoms with Crippen LogP contribution < -0.4 is 10.0 Å². The molecule has 3 heterocycles. The van der Waals surface area contributed by atoms with Gasteiger partial charge in [-0.1, -0.05) is 36.4 Å². The predicted molar refractivity (Wildman–Crippen MR) is 153 cm³/mol. The van der Waals surface area contributed by atoms with Crippen LogP contribution in [0.1, 0.15) is 32.7 Å². The number of imidazole rings is 1. The van der Waals surface area contributed by atoms with E-state index in [9.17, 15) is 26.4 Å². The van der Waals surface area contributed by atoms with Crippen molar-refractivity contribution in [2.24, 2.45) is 0 Å². The van der Waals surface area contributed by atoms with Gasteiger partial charge in [-0.2, -0.15) is 13.2 Å². The van der Waals surface area contributed by atoms with Gasteiger partial charge in [-0.05, 0) is 66.4 Å². The molecule has 0 spiro atoms. The van der Waals surface area contributed by atoms with Crippen LogP contribution in [0.2, 0.25) is 0 Å². The van der Waals surface area contributed by atoms with E-state index in [1.54, 1.807) is 0 Å². The minimum Gasteiger partial charge on any atom is -0.348 e. The van der Waals surface area contributed by atoms with Crippen LogP contribution in [-0.4, -0.2) is 34.4 Å². The molecule has 5 aromatic rings. The fourth-order valence-corrected chi connectivity index (χ4v) is 5.39.